The highest BCUT2D eigenvalue weighted by Crippen LogP contribution is 2.20. The minimum absolute atomic E-state index is 0.117. The Morgan fingerprint density at radius 3 is 2.72 bits per heavy atom. The first kappa shape index (κ1) is 12.3. The number of aliphatic carboxylic acids is 1. The number of likely N-dealkylation sites (tertiary alicyclic amines) is 1. The molecule has 0 aromatic carbocycles. The Morgan fingerprint density at radius 1 is 1.33 bits per heavy atom. The van der Waals surface area contributed by atoms with E-state index in [2.05, 4.69) is 14.9 Å². The molecule has 0 aliphatic carbocycles. The van der Waals surface area contributed by atoms with E-state index in [0.29, 0.717) is 13.0 Å². The molecule has 1 aromatic rings. The summed E-state index contributed by atoms with van der Waals surface area (Å²) in [5.74, 6) is -1.67. The van der Waals surface area contributed by atoms with Crippen LogP contribution in [0.15, 0.2) is 4.63 Å². The summed E-state index contributed by atoms with van der Waals surface area (Å²) < 4.78 is 4.36. The van der Waals surface area contributed by atoms with Crippen LogP contribution in [0, 0.1) is 0 Å². The molecule has 1 aliphatic rings. The highest BCUT2D eigenvalue weighted by atomic mass is 16.6. The molecule has 1 atom stereocenters. The average molecular weight is 254 g/mol. The molecule has 0 radical (unpaired) electrons. The smallest absolute Gasteiger partial charge is 0.326 e. The van der Waals surface area contributed by atoms with E-state index in [-0.39, 0.29) is 11.5 Å². The molecule has 1 aliphatic heterocycles. The van der Waals surface area contributed by atoms with E-state index >= 15 is 0 Å². The van der Waals surface area contributed by atoms with Crippen molar-refractivity contribution < 1.29 is 19.3 Å². The van der Waals surface area contributed by atoms with Gasteiger partial charge in [-0.1, -0.05) is 12.8 Å². The lowest BCUT2D eigenvalue weighted by atomic mass is 10.1. The van der Waals surface area contributed by atoms with Gasteiger partial charge in [0, 0.05) is 6.54 Å². The van der Waals surface area contributed by atoms with E-state index in [0.717, 1.165) is 19.3 Å². The van der Waals surface area contributed by atoms with Crippen LogP contribution in [0.4, 0.5) is 5.82 Å². The lowest BCUT2D eigenvalue weighted by molar-refractivity contribution is -0.142. The topological polar surface area (TPSA) is 123 Å². The molecule has 0 saturated carbocycles. The zero-order valence-corrected chi connectivity index (χ0v) is 9.70. The van der Waals surface area contributed by atoms with Crippen molar-refractivity contribution in [3.8, 4) is 0 Å². The molecular formula is C10H14N4O4. The van der Waals surface area contributed by atoms with Gasteiger partial charge in [-0.05, 0) is 23.2 Å². The Balaban J connectivity index is 2.25. The molecule has 18 heavy (non-hydrogen) atoms. The Labute approximate surface area is 103 Å². The van der Waals surface area contributed by atoms with Crippen molar-refractivity contribution in [2.45, 2.75) is 31.7 Å². The molecular weight excluding hydrogens is 240 g/mol. The number of nitrogen functional groups attached to an aromatic ring is 1. The van der Waals surface area contributed by atoms with Crippen LogP contribution in [-0.4, -0.2) is 44.8 Å². The third kappa shape index (κ3) is 2.27. The van der Waals surface area contributed by atoms with Gasteiger partial charge in [0.2, 0.25) is 11.5 Å². The predicted octanol–water partition coefficient (Wildman–Crippen LogP) is 0.121. The predicted molar refractivity (Wildman–Crippen MR) is 59.6 cm³/mol. The lowest BCUT2D eigenvalue weighted by Crippen LogP contribution is -2.45. The highest BCUT2D eigenvalue weighted by Gasteiger charge is 2.33. The van der Waals surface area contributed by atoms with Gasteiger partial charge in [-0.2, -0.15) is 0 Å². The van der Waals surface area contributed by atoms with Crippen molar-refractivity contribution in [2.24, 2.45) is 0 Å². The third-order valence-corrected chi connectivity index (χ3v) is 3.02. The summed E-state index contributed by atoms with van der Waals surface area (Å²) in [6.07, 6.45) is 2.89. The van der Waals surface area contributed by atoms with Gasteiger partial charge in [0.15, 0.2) is 0 Å². The second kappa shape index (κ2) is 5.03. The molecule has 3 N–H and O–H groups in total. The number of hydrogen-bond acceptors (Lipinski definition) is 6. The lowest BCUT2D eigenvalue weighted by Gasteiger charge is -2.25. The zero-order chi connectivity index (χ0) is 13.1. The number of carboxylic acid groups (broad SMARTS) is 1. The quantitative estimate of drug-likeness (QED) is 0.768. The van der Waals surface area contributed by atoms with Gasteiger partial charge in [0.25, 0.3) is 5.91 Å². The van der Waals surface area contributed by atoms with Crippen LogP contribution in [-0.2, 0) is 4.79 Å². The van der Waals surface area contributed by atoms with E-state index in [1.54, 1.807) is 0 Å². The summed E-state index contributed by atoms with van der Waals surface area (Å²) in [4.78, 5) is 24.6. The van der Waals surface area contributed by atoms with E-state index in [1.807, 2.05) is 0 Å². The number of carbonyl (C=O) groups excluding carboxylic acids is 1. The van der Waals surface area contributed by atoms with Gasteiger partial charge in [-0.3, -0.25) is 4.79 Å². The molecule has 1 fully saturated rings. The van der Waals surface area contributed by atoms with Crippen molar-refractivity contribution in [1.82, 2.24) is 15.2 Å². The number of nitrogens with zero attached hydrogens (tertiary/aromatic N) is 3. The van der Waals surface area contributed by atoms with Gasteiger partial charge in [-0.15, -0.1) is 0 Å². The van der Waals surface area contributed by atoms with E-state index in [9.17, 15) is 9.59 Å². The van der Waals surface area contributed by atoms with Crippen molar-refractivity contribution in [1.29, 1.82) is 0 Å². The first-order valence-electron chi connectivity index (χ1n) is 5.73. The summed E-state index contributed by atoms with van der Waals surface area (Å²) >= 11 is 0. The number of hydrogen-bond donors (Lipinski definition) is 2. The highest BCUT2D eigenvalue weighted by molar-refractivity contribution is 5.98. The largest absolute Gasteiger partial charge is 0.480 e. The second-order valence-corrected chi connectivity index (χ2v) is 4.20. The van der Waals surface area contributed by atoms with E-state index in [4.69, 9.17) is 10.8 Å². The zero-order valence-electron chi connectivity index (χ0n) is 9.70. The number of nitrogens with two attached hydrogens (primary N) is 1. The SMILES string of the molecule is Nc1nonc1C(=O)N1CCCCCC1C(=O)O. The molecule has 98 valence electrons. The molecule has 1 saturated heterocycles. The molecule has 2 heterocycles. The number of amides is 1. The molecule has 8 nitrogen and oxygen atoms in total. The van der Waals surface area contributed by atoms with Gasteiger partial charge >= 0.3 is 5.97 Å². The summed E-state index contributed by atoms with van der Waals surface area (Å²) in [6.45, 7) is 0.377. The summed E-state index contributed by atoms with van der Waals surface area (Å²) in [5.41, 5.74) is 5.32. The molecule has 2 rings (SSSR count). The summed E-state index contributed by atoms with van der Waals surface area (Å²) in [5, 5.41) is 15.9. The molecule has 1 unspecified atom stereocenters. The van der Waals surface area contributed by atoms with Crippen molar-refractivity contribution in [2.75, 3.05) is 12.3 Å². The van der Waals surface area contributed by atoms with Crippen LogP contribution < -0.4 is 5.73 Å². The van der Waals surface area contributed by atoms with Crippen molar-refractivity contribution in [3.05, 3.63) is 5.69 Å². The Hall–Kier alpha value is -2.12. The normalized spacial score (nSPS) is 20.4. The van der Waals surface area contributed by atoms with Crippen LogP contribution >= 0.6 is 0 Å². The fourth-order valence-electron chi connectivity index (χ4n) is 2.09. The van der Waals surface area contributed by atoms with Gasteiger partial charge in [0.05, 0.1) is 0 Å². The first-order valence-corrected chi connectivity index (χ1v) is 5.73. The average Bonchev–Trinajstić information content (AvgIpc) is 2.63. The van der Waals surface area contributed by atoms with E-state index < -0.39 is 17.9 Å². The molecule has 0 spiro atoms. The monoisotopic (exact) mass is 254 g/mol. The minimum Gasteiger partial charge on any atom is -0.480 e. The number of carbonyl (C=O) groups is 2. The number of anilines is 1. The van der Waals surface area contributed by atoms with Crippen molar-refractivity contribution in [3.63, 3.8) is 0 Å². The van der Waals surface area contributed by atoms with Crippen LogP contribution in [0.2, 0.25) is 0 Å². The fraction of sp³-hybridized carbons (Fsp3) is 0.600. The van der Waals surface area contributed by atoms with E-state index in [1.165, 1.54) is 4.90 Å². The summed E-state index contributed by atoms with van der Waals surface area (Å²) in [7, 11) is 0. The Bertz CT molecular complexity index is 458. The maximum Gasteiger partial charge on any atom is 0.326 e. The summed E-state index contributed by atoms with van der Waals surface area (Å²) in [6, 6.07) is -0.837. The Kier molecular flexibility index (Phi) is 3.45. The minimum atomic E-state index is -1.01. The van der Waals surface area contributed by atoms with Crippen LogP contribution in [0.5, 0.6) is 0 Å². The maximum atomic E-state index is 12.2. The maximum absolute atomic E-state index is 12.2. The number of carboxylic acids is 1. The van der Waals surface area contributed by atoms with Crippen molar-refractivity contribution >= 4 is 17.7 Å². The third-order valence-electron chi connectivity index (χ3n) is 3.02. The molecule has 1 aromatic heterocycles. The fourth-order valence-corrected chi connectivity index (χ4v) is 2.09. The molecule has 0 bridgehead atoms. The first-order chi connectivity index (χ1) is 8.61. The number of rotatable bonds is 2. The van der Waals surface area contributed by atoms with Crippen LogP contribution in [0.25, 0.3) is 0 Å². The second-order valence-electron chi connectivity index (χ2n) is 4.20. The Morgan fingerprint density at radius 2 is 2.11 bits per heavy atom. The standard InChI is InChI=1S/C10H14N4O4/c11-8-7(12-18-13-8)9(15)14-5-3-1-2-4-6(14)10(16)17/h6H,1-5H2,(H2,11,13)(H,16,17). The molecule has 8 heteroatoms. The van der Waals surface area contributed by atoms with Crippen LogP contribution in [0.1, 0.15) is 36.2 Å². The molecule has 1 amide bonds. The van der Waals surface area contributed by atoms with Gasteiger partial charge in [0.1, 0.15) is 6.04 Å². The number of aromatic nitrogens is 2. The van der Waals surface area contributed by atoms with Gasteiger partial charge in [-0.25, -0.2) is 9.42 Å². The van der Waals surface area contributed by atoms with Crippen LogP contribution in [0.3, 0.4) is 0 Å². The van der Waals surface area contributed by atoms with Gasteiger partial charge < -0.3 is 15.7 Å².